The van der Waals surface area contributed by atoms with Crippen molar-refractivity contribution in [1.29, 1.82) is 5.26 Å². The van der Waals surface area contributed by atoms with Gasteiger partial charge in [0.15, 0.2) is 0 Å². The van der Waals surface area contributed by atoms with Crippen LogP contribution in [0.15, 0.2) is 53.9 Å². The van der Waals surface area contributed by atoms with Crippen molar-refractivity contribution in [3.05, 3.63) is 81.9 Å². The predicted octanol–water partition coefficient (Wildman–Crippen LogP) is 4.82. The van der Waals surface area contributed by atoms with Gasteiger partial charge in [0, 0.05) is 16.8 Å². The summed E-state index contributed by atoms with van der Waals surface area (Å²) in [7, 11) is 1.63. The second-order valence-electron chi connectivity index (χ2n) is 9.13. The van der Waals surface area contributed by atoms with E-state index in [0.717, 1.165) is 28.1 Å². The summed E-state index contributed by atoms with van der Waals surface area (Å²) in [4.78, 5) is 0. The van der Waals surface area contributed by atoms with E-state index in [1.54, 1.807) is 7.11 Å². The van der Waals surface area contributed by atoms with Gasteiger partial charge in [-0.25, -0.2) is 0 Å². The molecule has 4 rings (SSSR count). The smallest absolute Gasteiger partial charge is 0.244 e. The highest BCUT2D eigenvalue weighted by molar-refractivity contribution is 5.56. The van der Waals surface area contributed by atoms with E-state index in [0.29, 0.717) is 23.8 Å². The van der Waals surface area contributed by atoms with E-state index >= 15 is 0 Å². The molecule has 1 aliphatic rings. The number of nitrogens with zero attached hydrogens (tertiary/aromatic N) is 2. The number of ether oxygens (including phenoxy) is 3. The molecule has 0 unspecified atom stereocenters. The normalized spacial score (nSPS) is 15.5. The van der Waals surface area contributed by atoms with Crippen LogP contribution in [-0.4, -0.2) is 17.3 Å². The van der Waals surface area contributed by atoms with Crippen molar-refractivity contribution in [2.24, 2.45) is 5.73 Å². The number of H-pyrrole nitrogens is 1. The number of benzene rings is 2. The molecule has 7 nitrogen and oxygen atoms in total. The van der Waals surface area contributed by atoms with Crippen LogP contribution >= 0.6 is 0 Å². The fourth-order valence-electron chi connectivity index (χ4n) is 4.04. The molecule has 33 heavy (non-hydrogen) atoms. The number of hydrogen-bond acceptors (Lipinski definition) is 6. The average Bonchev–Trinajstić information content (AvgIpc) is 3.16. The van der Waals surface area contributed by atoms with Crippen LogP contribution in [0.1, 0.15) is 54.6 Å². The topological polar surface area (TPSA) is 106 Å². The Hall–Kier alpha value is -3.92. The summed E-state index contributed by atoms with van der Waals surface area (Å²) in [5.41, 5.74) is 11.1. The summed E-state index contributed by atoms with van der Waals surface area (Å²) in [6.45, 7) is 8.75. The number of allylic oxidation sites excluding steroid dienone is 1. The zero-order chi connectivity index (χ0) is 23.8. The highest BCUT2D eigenvalue weighted by atomic mass is 16.5. The van der Waals surface area contributed by atoms with Crippen LogP contribution in [-0.2, 0) is 12.0 Å². The zero-order valence-corrected chi connectivity index (χ0v) is 19.5. The van der Waals surface area contributed by atoms with Crippen molar-refractivity contribution in [3.8, 4) is 23.4 Å². The summed E-state index contributed by atoms with van der Waals surface area (Å²) in [5, 5.41) is 16.9. The number of nitrogens with two attached hydrogens (primary N) is 1. The van der Waals surface area contributed by atoms with Gasteiger partial charge in [0.2, 0.25) is 11.8 Å². The Morgan fingerprint density at radius 2 is 1.91 bits per heavy atom. The first-order valence-electron chi connectivity index (χ1n) is 10.8. The summed E-state index contributed by atoms with van der Waals surface area (Å²) >= 11 is 0. The standard InChI is InChI=1S/C26H28N4O3/c1-15-22-23(20(13-27)24(28)33-25(22)30-29-15)16-6-11-21(31-5)17(12-16)14-32-19-9-7-18(8-10-19)26(2,3)4/h6-12,23H,14,28H2,1-5H3,(H,29,30)/t23-/m1/s1. The van der Waals surface area contributed by atoms with Gasteiger partial charge in [-0.1, -0.05) is 39.0 Å². The number of rotatable bonds is 5. The largest absolute Gasteiger partial charge is 0.496 e. The highest BCUT2D eigenvalue weighted by Gasteiger charge is 2.34. The summed E-state index contributed by atoms with van der Waals surface area (Å²) in [6, 6.07) is 16.1. The molecule has 1 aromatic heterocycles. The van der Waals surface area contributed by atoms with Crippen molar-refractivity contribution in [2.45, 2.75) is 45.6 Å². The van der Waals surface area contributed by atoms with E-state index in [2.05, 4.69) is 49.2 Å². The Morgan fingerprint density at radius 3 is 2.55 bits per heavy atom. The van der Waals surface area contributed by atoms with E-state index in [1.165, 1.54) is 5.56 Å². The Morgan fingerprint density at radius 1 is 1.18 bits per heavy atom. The average molecular weight is 445 g/mol. The Balaban J connectivity index is 1.66. The summed E-state index contributed by atoms with van der Waals surface area (Å²) in [5.74, 6) is 1.54. The van der Waals surface area contributed by atoms with E-state index in [9.17, 15) is 5.26 Å². The van der Waals surface area contributed by atoms with Crippen molar-refractivity contribution in [2.75, 3.05) is 7.11 Å². The molecule has 3 aromatic rings. The number of nitriles is 1. The molecule has 0 radical (unpaired) electrons. The Bertz CT molecular complexity index is 1240. The maximum atomic E-state index is 9.80. The molecule has 2 aromatic carbocycles. The minimum atomic E-state index is -0.395. The Labute approximate surface area is 193 Å². The molecule has 0 fully saturated rings. The maximum Gasteiger partial charge on any atom is 0.244 e. The predicted molar refractivity (Wildman–Crippen MR) is 125 cm³/mol. The van der Waals surface area contributed by atoms with Gasteiger partial charge in [-0.05, 0) is 47.7 Å². The first-order valence-corrected chi connectivity index (χ1v) is 10.8. The van der Waals surface area contributed by atoms with Gasteiger partial charge in [0.1, 0.15) is 29.7 Å². The third-order valence-electron chi connectivity index (χ3n) is 5.88. The van der Waals surface area contributed by atoms with Crippen molar-refractivity contribution < 1.29 is 14.2 Å². The lowest BCUT2D eigenvalue weighted by Crippen LogP contribution is -2.21. The maximum absolute atomic E-state index is 9.80. The summed E-state index contributed by atoms with van der Waals surface area (Å²) in [6.07, 6.45) is 0. The lowest BCUT2D eigenvalue weighted by atomic mass is 9.83. The van der Waals surface area contributed by atoms with Crippen molar-refractivity contribution >= 4 is 0 Å². The number of nitrogens with one attached hydrogen (secondary N) is 1. The first-order chi connectivity index (χ1) is 15.7. The van der Waals surface area contributed by atoms with Crippen LogP contribution in [0.2, 0.25) is 0 Å². The van der Waals surface area contributed by atoms with Gasteiger partial charge in [0.05, 0.1) is 13.0 Å². The third-order valence-corrected chi connectivity index (χ3v) is 5.88. The van der Waals surface area contributed by atoms with Gasteiger partial charge in [-0.3, -0.25) is 5.10 Å². The number of aryl methyl sites for hydroxylation is 1. The molecule has 0 bridgehead atoms. The molecule has 0 spiro atoms. The van der Waals surface area contributed by atoms with Gasteiger partial charge in [-0.15, -0.1) is 5.10 Å². The SMILES string of the molecule is COc1ccc([C@@H]2C(C#N)=C(N)Oc3n[nH]c(C)c32)cc1COc1ccc(C(C)(C)C)cc1. The van der Waals surface area contributed by atoms with Crippen molar-refractivity contribution in [3.63, 3.8) is 0 Å². The molecule has 1 aliphatic heterocycles. The zero-order valence-electron chi connectivity index (χ0n) is 19.5. The second kappa shape index (κ2) is 8.55. The van der Waals surface area contributed by atoms with Crippen molar-refractivity contribution in [1.82, 2.24) is 10.2 Å². The van der Waals surface area contributed by atoms with E-state index < -0.39 is 5.92 Å². The molecule has 0 saturated carbocycles. The lowest BCUT2D eigenvalue weighted by Gasteiger charge is -2.24. The molecule has 0 amide bonds. The lowest BCUT2D eigenvalue weighted by molar-refractivity contribution is 0.296. The third kappa shape index (κ3) is 4.24. The van der Waals surface area contributed by atoms with Crippen LogP contribution < -0.4 is 19.9 Å². The van der Waals surface area contributed by atoms with Gasteiger partial charge in [0.25, 0.3) is 0 Å². The van der Waals surface area contributed by atoms with Gasteiger partial charge < -0.3 is 19.9 Å². The Kier molecular flexibility index (Phi) is 5.77. The van der Waals surface area contributed by atoms with Gasteiger partial charge >= 0.3 is 0 Å². The van der Waals surface area contributed by atoms with Crippen LogP contribution in [0.25, 0.3) is 0 Å². The van der Waals surface area contributed by atoms with Gasteiger partial charge in [-0.2, -0.15) is 5.26 Å². The fraction of sp³-hybridized carbons (Fsp3) is 0.308. The first kappa shape index (κ1) is 22.3. The molecule has 170 valence electrons. The number of aromatic nitrogens is 2. The molecule has 3 N–H and O–H groups in total. The van der Waals surface area contributed by atoms with E-state index in [4.69, 9.17) is 19.9 Å². The molecule has 0 saturated heterocycles. The van der Waals surface area contributed by atoms with Crippen LogP contribution in [0.5, 0.6) is 17.4 Å². The quantitative estimate of drug-likeness (QED) is 0.584. The monoisotopic (exact) mass is 444 g/mol. The summed E-state index contributed by atoms with van der Waals surface area (Å²) < 4.78 is 17.2. The minimum absolute atomic E-state index is 0.0639. The second-order valence-corrected chi connectivity index (χ2v) is 9.13. The molecule has 1 atom stereocenters. The number of fused-ring (bicyclic) bond motifs is 1. The number of aromatic amines is 1. The van der Waals surface area contributed by atoms with E-state index in [-0.39, 0.29) is 11.3 Å². The fourth-order valence-corrected chi connectivity index (χ4v) is 4.04. The molecular weight excluding hydrogens is 416 g/mol. The number of methoxy groups -OCH3 is 1. The molecule has 2 heterocycles. The van der Waals surface area contributed by atoms with Crippen LogP contribution in [0.4, 0.5) is 0 Å². The molecular formula is C26H28N4O3. The van der Waals surface area contributed by atoms with Crippen LogP contribution in [0, 0.1) is 18.3 Å². The van der Waals surface area contributed by atoms with Crippen LogP contribution in [0.3, 0.4) is 0 Å². The minimum Gasteiger partial charge on any atom is -0.496 e. The molecule has 0 aliphatic carbocycles. The number of hydrogen-bond donors (Lipinski definition) is 2. The highest BCUT2D eigenvalue weighted by Crippen LogP contribution is 2.43. The molecule has 7 heteroatoms. The van der Waals surface area contributed by atoms with E-state index in [1.807, 2.05) is 37.3 Å².